The van der Waals surface area contributed by atoms with E-state index in [4.69, 9.17) is 4.74 Å². The van der Waals surface area contributed by atoms with Crippen molar-refractivity contribution < 1.29 is 9.53 Å². The van der Waals surface area contributed by atoms with Crippen molar-refractivity contribution in [1.29, 1.82) is 0 Å². The van der Waals surface area contributed by atoms with Crippen molar-refractivity contribution in [2.45, 2.75) is 26.2 Å². The van der Waals surface area contributed by atoms with E-state index in [9.17, 15) is 4.79 Å². The van der Waals surface area contributed by atoms with Gasteiger partial charge < -0.3 is 4.74 Å². The van der Waals surface area contributed by atoms with Gasteiger partial charge in [0.05, 0.1) is 6.61 Å². The number of aromatic nitrogens is 1. The minimum atomic E-state index is 0.0447. The number of halogens is 1. The van der Waals surface area contributed by atoms with Gasteiger partial charge >= 0.3 is 0 Å². The highest BCUT2D eigenvalue weighted by Crippen LogP contribution is 2.33. The quantitative estimate of drug-likeness (QED) is 0.792. The molecule has 0 N–H and O–H groups in total. The predicted octanol–water partition coefficient (Wildman–Crippen LogP) is 3.77. The van der Waals surface area contributed by atoms with Crippen molar-refractivity contribution in [2.75, 3.05) is 6.61 Å². The lowest BCUT2D eigenvalue weighted by Gasteiger charge is -2.10. The molecule has 1 aromatic carbocycles. The van der Waals surface area contributed by atoms with Crippen LogP contribution in [0, 0.1) is 0 Å². The maximum Gasteiger partial charge on any atom is 0.185 e. The summed E-state index contributed by atoms with van der Waals surface area (Å²) < 4.78 is 6.68. The fraction of sp³-hybridized carbons (Fsp3) is 0.294. The van der Waals surface area contributed by atoms with Crippen molar-refractivity contribution in [1.82, 2.24) is 4.98 Å². The average molecular weight is 346 g/mol. The molecule has 0 amide bonds. The van der Waals surface area contributed by atoms with Crippen molar-refractivity contribution in [3.63, 3.8) is 0 Å². The second-order valence-corrected chi connectivity index (χ2v) is 6.03. The molecule has 108 valence electrons. The Bertz CT molecular complexity index is 697. The van der Waals surface area contributed by atoms with Gasteiger partial charge in [0.2, 0.25) is 0 Å². The molecule has 0 saturated heterocycles. The fourth-order valence-electron chi connectivity index (χ4n) is 2.71. The number of Topliss-reactive ketones (excluding diaryl/α,β-unsaturated/α-hetero) is 1. The summed E-state index contributed by atoms with van der Waals surface area (Å²) in [4.78, 5) is 16.8. The Labute approximate surface area is 132 Å². The van der Waals surface area contributed by atoms with Crippen molar-refractivity contribution >= 4 is 21.7 Å². The summed E-state index contributed by atoms with van der Waals surface area (Å²) >= 11 is 3.51. The first-order valence-electron chi connectivity index (χ1n) is 7.10. The zero-order valence-corrected chi connectivity index (χ0v) is 13.4. The molecule has 4 heteroatoms. The van der Waals surface area contributed by atoms with E-state index >= 15 is 0 Å². The third kappa shape index (κ3) is 2.86. The smallest absolute Gasteiger partial charge is 0.185 e. The first-order valence-corrected chi connectivity index (χ1v) is 7.89. The number of ether oxygens (including phenoxy) is 1. The van der Waals surface area contributed by atoms with Gasteiger partial charge in [-0.2, -0.15) is 0 Å². The summed E-state index contributed by atoms with van der Waals surface area (Å²) in [5.41, 5.74) is 3.68. The van der Waals surface area contributed by atoms with Gasteiger partial charge in [-0.15, -0.1) is 0 Å². The summed E-state index contributed by atoms with van der Waals surface area (Å²) in [6, 6.07) is 7.86. The molecule has 1 aromatic heterocycles. The van der Waals surface area contributed by atoms with Crippen LogP contribution in [0.5, 0.6) is 5.75 Å². The number of hydrogen-bond acceptors (Lipinski definition) is 3. The van der Waals surface area contributed by atoms with Gasteiger partial charge in [-0.25, -0.2) is 0 Å². The van der Waals surface area contributed by atoms with E-state index in [1.807, 2.05) is 25.1 Å². The van der Waals surface area contributed by atoms with Gasteiger partial charge in [0.15, 0.2) is 5.78 Å². The molecule has 0 bridgehead atoms. The third-order valence-corrected chi connectivity index (χ3v) is 4.17. The van der Waals surface area contributed by atoms with Crippen LogP contribution in [0.3, 0.4) is 0 Å². The van der Waals surface area contributed by atoms with Gasteiger partial charge in [-0.05, 0) is 35.7 Å². The van der Waals surface area contributed by atoms with Crippen molar-refractivity contribution in [3.05, 3.63) is 57.3 Å². The minimum Gasteiger partial charge on any atom is -0.493 e. The Morgan fingerprint density at radius 2 is 2.24 bits per heavy atom. The fourth-order valence-corrected chi connectivity index (χ4v) is 3.26. The average Bonchev–Trinajstić information content (AvgIpc) is 2.95. The van der Waals surface area contributed by atoms with Crippen LogP contribution < -0.4 is 4.74 Å². The lowest BCUT2D eigenvalue weighted by molar-refractivity contribution is 0.0986. The molecule has 2 heterocycles. The number of hydrogen-bond donors (Lipinski definition) is 0. The van der Waals surface area contributed by atoms with E-state index in [0.29, 0.717) is 18.7 Å². The highest BCUT2D eigenvalue weighted by molar-refractivity contribution is 9.10. The highest BCUT2D eigenvalue weighted by Gasteiger charge is 2.21. The van der Waals surface area contributed by atoms with Crippen LogP contribution in [0.4, 0.5) is 0 Å². The SMILES string of the molecule is CCc1cccnc1C(=O)Cc1cc(Br)cc2c1OCC2. The molecule has 0 saturated carbocycles. The second kappa shape index (κ2) is 5.98. The number of rotatable bonds is 4. The molecule has 3 nitrogen and oxygen atoms in total. The molecule has 0 atom stereocenters. The summed E-state index contributed by atoms with van der Waals surface area (Å²) in [5, 5.41) is 0. The van der Waals surface area contributed by atoms with Crippen LogP contribution in [0.1, 0.15) is 34.1 Å². The summed E-state index contributed by atoms with van der Waals surface area (Å²) in [7, 11) is 0. The maximum atomic E-state index is 12.6. The van der Waals surface area contributed by atoms with Gasteiger partial charge in [0.25, 0.3) is 0 Å². The molecular weight excluding hydrogens is 330 g/mol. The normalized spacial score (nSPS) is 12.9. The summed E-state index contributed by atoms with van der Waals surface area (Å²) in [6.45, 7) is 2.73. The van der Waals surface area contributed by atoms with E-state index in [0.717, 1.165) is 34.2 Å². The van der Waals surface area contributed by atoms with Crippen molar-refractivity contribution in [2.24, 2.45) is 0 Å². The molecule has 0 unspecified atom stereocenters. The van der Waals surface area contributed by atoms with Crippen LogP contribution in [0.25, 0.3) is 0 Å². The molecule has 3 rings (SSSR count). The number of pyridine rings is 1. The number of benzene rings is 1. The van der Waals surface area contributed by atoms with Crippen LogP contribution >= 0.6 is 15.9 Å². The number of nitrogens with zero attached hydrogens (tertiary/aromatic N) is 1. The number of ketones is 1. The number of aryl methyl sites for hydroxylation is 1. The van der Waals surface area contributed by atoms with Crippen LogP contribution in [-0.2, 0) is 19.3 Å². The highest BCUT2D eigenvalue weighted by atomic mass is 79.9. The largest absolute Gasteiger partial charge is 0.493 e. The zero-order valence-electron chi connectivity index (χ0n) is 11.9. The maximum absolute atomic E-state index is 12.6. The molecule has 2 aromatic rings. The van der Waals surface area contributed by atoms with Gasteiger partial charge in [0.1, 0.15) is 11.4 Å². The van der Waals surface area contributed by atoms with E-state index in [1.165, 1.54) is 5.56 Å². The Morgan fingerprint density at radius 1 is 1.38 bits per heavy atom. The summed E-state index contributed by atoms with van der Waals surface area (Å²) in [5.74, 6) is 0.920. The van der Waals surface area contributed by atoms with Gasteiger partial charge in [-0.3, -0.25) is 9.78 Å². The second-order valence-electron chi connectivity index (χ2n) is 5.12. The molecular formula is C17H16BrNO2. The van der Waals surface area contributed by atoms with Crippen molar-refractivity contribution in [3.8, 4) is 5.75 Å². The van der Waals surface area contributed by atoms with Crippen LogP contribution in [0.2, 0.25) is 0 Å². The Hall–Kier alpha value is -1.68. The van der Waals surface area contributed by atoms with E-state index in [2.05, 4.69) is 27.0 Å². The van der Waals surface area contributed by atoms with E-state index in [1.54, 1.807) is 6.20 Å². The zero-order chi connectivity index (χ0) is 14.8. The molecule has 21 heavy (non-hydrogen) atoms. The first kappa shape index (κ1) is 14.3. The minimum absolute atomic E-state index is 0.0447. The first-order chi connectivity index (χ1) is 10.2. The van der Waals surface area contributed by atoms with Crippen LogP contribution in [0.15, 0.2) is 34.9 Å². The lowest BCUT2D eigenvalue weighted by Crippen LogP contribution is -2.10. The predicted molar refractivity (Wildman–Crippen MR) is 85.0 cm³/mol. The number of carbonyl (C=O) groups excluding carboxylic acids is 1. The Kier molecular flexibility index (Phi) is 4.06. The number of carbonyl (C=O) groups is 1. The van der Waals surface area contributed by atoms with Gasteiger partial charge in [0, 0.05) is 29.1 Å². The molecule has 0 fully saturated rings. The summed E-state index contributed by atoms with van der Waals surface area (Å²) in [6.07, 6.45) is 3.71. The molecule has 1 aliphatic heterocycles. The Balaban J connectivity index is 1.92. The van der Waals surface area contributed by atoms with Gasteiger partial charge in [-0.1, -0.05) is 28.9 Å². The molecule has 0 aliphatic carbocycles. The molecule has 1 aliphatic rings. The Morgan fingerprint density at radius 3 is 3.05 bits per heavy atom. The lowest BCUT2D eigenvalue weighted by atomic mass is 9.99. The molecule has 0 spiro atoms. The standard InChI is InChI=1S/C17H16BrNO2/c1-2-11-4-3-6-19-16(11)15(20)10-13-9-14(18)8-12-5-7-21-17(12)13/h3-4,6,8-9H,2,5,7,10H2,1H3. The monoisotopic (exact) mass is 345 g/mol. The van der Waals surface area contributed by atoms with Crippen LogP contribution in [-0.4, -0.2) is 17.4 Å². The van der Waals surface area contributed by atoms with E-state index in [-0.39, 0.29) is 5.78 Å². The molecule has 0 radical (unpaired) electrons. The topological polar surface area (TPSA) is 39.2 Å². The van der Waals surface area contributed by atoms with E-state index < -0.39 is 0 Å². The number of fused-ring (bicyclic) bond motifs is 1. The third-order valence-electron chi connectivity index (χ3n) is 3.71.